The number of ketones is 1. The summed E-state index contributed by atoms with van der Waals surface area (Å²) in [6, 6.07) is 6.21. The monoisotopic (exact) mass is 369 g/mol. The summed E-state index contributed by atoms with van der Waals surface area (Å²) in [7, 11) is 0. The number of benzene rings is 1. The van der Waals surface area contributed by atoms with Gasteiger partial charge < -0.3 is 4.90 Å². The zero-order valence-electron chi connectivity index (χ0n) is 13.9. The molecule has 3 aromatic rings. The average molecular weight is 370 g/mol. The number of hydrogen-bond acceptors (Lipinski definition) is 6. The van der Waals surface area contributed by atoms with Gasteiger partial charge in [0.25, 0.3) is 0 Å². The first kappa shape index (κ1) is 15.6. The van der Waals surface area contributed by atoms with Crippen LogP contribution in [0, 0.1) is 11.8 Å². The van der Waals surface area contributed by atoms with Crippen LogP contribution in [0.2, 0.25) is 0 Å². The van der Waals surface area contributed by atoms with Gasteiger partial charge in [0.05, 0.1) is 4.70 Å². The zero-order valence-corrected chi connectivity index (χ0v) is 15.5. The predicted octanol–water partition coefficient (Wildman–Crippen LogP) is 4.33. The minimum atomic E-state index is 0.215. The van der Waals surface area contributed by atoms with Gasteiger partial charge >= 0.3 is 0 Å². The second-order valence-electron chi connectivity index (χ2n) is 7.10. The topological polar surface area (TPSA) is 46.1 Å². The smallest absolute Gasteiger partial charge is 0.183 e. The highest BCUT2D eigenvalue weighted by Gasteiger charge is 2.35. The van der Waals surface area contributed by atoms with E-state index >= 15 is 0 Å². The zero-order chi connectivity index (χ0) is 16.8. The number of aromatic nitrogens is 2. The Balaban J connectivity index is 1.40. The summed E-state index contributed by atoms with van der Waals surface area (Å²) in [6.07, 6.45) is 4.98. The van der Waals surface area contributed by atoms with E-state index in [-0.39, 0.29) is 5.78 Å². The Morgan fingerprint density at radius 1 is 1.28 bits per heavy atom. The van der Waals surface area contributed by atoms with Gasteiger partial charge in [0, 0.05) is 35.5 Å². The van der Waals surface area contributed by atoms with E-state index in [1.807, 2.05) is 17.6 Å². The second-order valence-corrected chi connectivity index (χ2v) is 8.80. The second kappa shape index (κ2) is 6.27. The number of fused-ring (bicyclic) bond motifs is 4. The molecule has 0 N–H and O–H groups in total. The highest BCUT2D eigenvalue weighted by Crippen LogP contribution is 2.36. The Morgan fingerprint density at radius 2 is 2.16 bits per heavy atom. The normalized spacial score (nSPS) is 25.5. The quantitative estimate of drug-likeness (QED) is 0.642. The van der Waals surface area contributed by atoms with Crippen LogP contribution >= 0.6 is 22.9 Å². The van der Waals surface area contributed by atoms with Gasteiger partial charge in [-0.3, -0.25) is 4.79 Å². The molecule has 0 radical (unpaired) electrons. The molecule has 4 nitrogen and oxygen atoms in total. The van der Waals surface area contributed by atoms with Crippen LogP contribution in [0.1, 0.15) is 29.8 Å². The molecule has 1 aromatic carbocycles. The summed E-state index contributed by atoms with van der Waals surface area (Å²) in [5, 5.41) is 3.99. The third-order valence-electron chi connectivity index (χ3n) is 5.65. The molecule has 1 atom stereocenters. The van der Waals surface area contributed by atoms with E-state index in [1.54, 1.807) is 11.3 Å². The van der Waals surface area contributed by atoms with Crippen molar-refractivity contribution in [2.45, 2.75) is 19.3 Å². The lowest BCUT2D eigenvalue weighted by atomic mass is 9.76. The maximum absolute atomic E-state index is 12.9. The lowest BCUT2D eigenvalue weighted by Crippen LogP contribution is -2.47. The standard InChI is InChI=1S/C19H19N3OS2/c23-16(9-14-11-22-6-3-12(14)4-7-22)18-15-2-1-13(10-17(15)25-21-18)19-20-5-8-24-19/h1-2,5,8,10,12,14H,3-4,6-7,9,11H2/t14-/m0/s1. The molecule has 6 rings (SSSR count). The highest BCUT2D eigenvalue weighted by atomic mass is 32.1. The number of piperidine rings is 3. The Hall–Kier alpha value is -1.63. The fourth-order valence-electron chi connectivity index (χ4n) is 4.29. The molecule has 0 amide bonds. The number of hydrogen-bond donors (Lipinski definition) is 0. The molecule has 3 fully saturated rings. The molecule has 3 aliphatic heterocycles. The van der Waals surface area contributed by atoms with E-state index in [4.69, 9.17) is 0 Å². The van der Waals surface area contributed by atoms with Gasteiger partial charge in [-0.05, 0) is 55.4 Å². The van der Waals surface area contributed by atoms with Crippen molar-refractivity contribution < 1.29 is 4.79 Å². The SMILES string of the molecule is O=C(C[C@H]1CN2CCC1CC2)c1nsc2cc(-c3nccs3)ccc12. The van der Waals surface area contributed by atoms with Crippen molar-refractivity contribution in [3.8, 4) is 10.6 Å². The number of Topliss-reactive ketones (excluding diaryl/α,β-unsaturated/α-hetero) is 1. The van der Waals surface area contributed by atoms with Crippen LogP contribution in [0.25, 0.3) is 20.7 Å². The van der Waals surface area contributed by atoms with E-state index in [2.05, 4.69) is 26.4 Å². The molecule has 2 bridgehead atoms. The fourth-order valence-corrected chi connectivity index (χ4v) is 5.76. The van der Waals surface area contributed by atoms with Gasteiger partial charge in [-0.1, -0.05) is 12.1 Å². The van der Waals surface area contributed by atoms with Crippen molar-refractivity contribution in [2.75, 3.05) is 19.6 Å². The third kappa shape index (κ3) is 2.82. The Kier molecular flexibility index (Phi) is 3.91. The summed E-state index contributed by atoms with van der Waals surface area (Å²) in [5.74, 6) is 1.46. The minimum Gasteiger partial charge on any atom is -0.303 e. The summed E-state index contributed by atoms with van der Waals surface area (Å²) in [4.78, 5) is 19.8. The van der Waals surface area contributed by atoms with Crippen LogP contribution in [0.3, 0.4) is 0 Å². The summed E-state index contributed by atoms with van der Waals surface area (Å²) >= 11 is 3.06. The van der Waals surface area contributed by atoms with Gasteiger partial charge in [0.2, 0.25) is 0 Å². The first-order valence-corrected chi connectivity index (χ1v) is 10.5. The lowest BCUT2D eigenvalue weighted by Gasteiger charge is -2.44. The molecule has 3 saturated heterocycles. The average Bonchev–Trinajstić information content (AvgIpc) is 3.32. The van der Waals surface area contributed by atoms with E-state index in [1.165, 1.54) is 37.5 Å². The maximum Gasteiger partial charge on any atom is 0.183 e. The molecule has 0 aliphatic carbocycles. The number of carbonyl (C=O) groups excluding carboxylic acids is 1. The van der Waals surface area contributed by atoms with Crippen molar-refractivity contribution in [3.05, 3.63) is 35.5 Å². The minimum absolute atomic E-state index is 0.215. The summed E-state index contributed by atoms with van der Waals surface area (Å²) < 4.78 is 5.58. The fraction of sp³-hybridized carbons (Fsp3) is 0.421. The van der Waals surface area contributed by atoms with Gasteiger partial charge in [-0.15, -0.1) is 11.3 Å². The van der Waals surface area contributed by atoms with Crippen LogP contribution in [-0.2, 0) is 0 Å². The molecule has 25 heavy (non-hydrogen) atoms. The number of carbonyl (C=O) groups is 1. The van der Waals surface area contributed by atoms with Crippen LogP contribution in [0.5, 0.6) is 0 Å². The molecule has 0 spiro atoms. The molecule has 128 valence electrons. The lowest BCUT2D eigenvalue weighted by molar-refractivity contribution is 0.0440. The van der Waals surface area contributed by atoms with Gasteiger partial charge in [0.1, 0.15) is 10.7 Å². The molecular weight excluding hydrogens is 350 g/mol. The largest absolute Gasteiger partial charge is 0.303 e. The molecular formula is C19H19N3OS2. The Bertz CT molecular complexity index is 910. The third-order valence-corrected chi connectivity index (χ3v) is 7.29. The highest BCUT2D eigenvalue weighted by molar-refractivity contribution is 7.14. The van der Waals surface area contributed by atoms with Crippen LogP contribution in [-0.4, -0.2) is 39.7 Å². The van der Waals surface area contributed by atoms with Crippen LogP contribution in [0.15, 0.2) is 29.8 Å². The summed E-state index contributed by atoms with van der Waals surface area (Å²) in [5.41, 5.74) is 1.77. The molecule has 2 aromatic heterocycles. The van der Waals surface area contributed by atoms with Gasteiger partial charge in [0.15, 0.2) is 5.78 Å². The van der Waals surface area contributed by atoms with Crippen molar-refractivity contribution >= 4 is 38.7 Å². The van der Waals surface area contributed by atoms with E-state index in [0.29, 0.717) is 18.0 Å². The maximum atomic E-state index is 12.9. The van der Waals surface area contributed by atoms with Crippen LogP contribution < -0.4 is 0 Å². The van der Waals surface area contributed by atoms with E-state index in [9.17, 15) is 4.79 Å². The van der Waals surface area contributed by atoms with Crippen molar-refractivity contribution in [3.63, 3.8) is 0 Å². The number of rotatable bonds is 4. The Labute approximate surface area is 154 Å². The predicted molar refractivity (Wildman–Crippen MR) is 102 cm³/mol. The molecule has 0 unspecified atom stereocenters. The van der Waals surface area contributed by atoms with Crippen molar-refractivity contribution in [2.24, 2.45) is 11.8 Å². The Morgan fingerprint density at radius 3 is 2.88 bits per heavy atom. The molecule has 6 heteroatoms. The van der Waals surface area contributed by atoms with E-state index < -0.39 is 0 Å². The molecule has 3 aliphatic rings. The van der Waals surface area contributed by atoms with Gasteiger partial charge in [-0.2, -0.15) is 4.37 Å². The first-order chi connectivity index (χ1) is 12.3. The summed E-state index contributed by atoms with van der Waals surface area (Å²) in [6.45, 7) is 3.52. The van der Waals surface area contributed by atoms with Crippen LogP contribution in [0.4, 0.5) is 0 Å². The first-order valence-electron chi connectivity index (χ1n) is 8.83. The van der Waals surface area contributed by atoms with E-state index in [0.717, 1.165) is 33.1 Å². The van der Waals surface area contributed by atoms with Crippen molar-refractivity contribution in [1.82, 2.24) is 14.3 Å². The van der Waals surface area contributed by atoms with Gasteiger partial charge in [-0.25, -0.2) is 4.98 Å². The van der Waals surface area contributed by atoms with Crippen molar-refractivity contribution in [1.29, 1.82) is 0 Å². The molecule has 0 saturated carbocycles. The molecule has 5 heterocycles. The number of nitrogens with zero attached hydrogens (tertiary/aromatic N) is 3. The number of thiazole rings is 1.